The molecular formula is C13H16N2O3. The molecule has 96 valence electrons. The number of nitrogens with one attached hydrogen (secondary N) is 1. The molecule has 1 unspecified atom stereocenters. The highest BCUT2D eigenvalue weighted by molar-refractivity contribution is 5.96. The maximum absolute atomic E-state index is 11.8. The van der Waals surface area contributed by atoms with E-state index in [4.69, 9.17) is 0 Å². The van der Waals surface area contributed by atoms with E-state index in [-0.39, 0.29) is 17.5 Å². The molecule has 0 bridgehead atoms. The Labute approximate surface area is 105 Å². The van der Waals surface area contributed by atoms with E-state index in [9.17, 15) is 14.7 Å². The lowest BCUT2D eigenvalue weighted by Gasteiger charge is -2.26. The number of amides is 1. The van der Waals surface area contributed by atoms with Crippen LogP contribution in [0.4, 0.5) is 5.69 Å². The second kappa shape index (κ2) is 5.08. The molecule has 1 aromatic rings. The highest BCUT2D eigenvalue weighted by atomic mass is 16.4. The minimum absolute atomic E-state index is 0.0623. The SMILES string of the molecule is CNC(=O)C1CCCN1c1ccccc1C(=O)O. The standard InChI is InChI=1S/C13H16N2O3/c1-14-12(16)11-7-4-8-15(11)10-6-3-2-5-9(10)13(17)18/h2-3,5-6,11H,4,7-8H2,1H3,(H,14,16)(H,17,18). The second-order valence-electron chi connectivity index (χ2n) is 4.29. The van der Waals surface area contributed by atoms with Crippen LogP contribution in [0.2, 0.25) is 0 Å². The first-order valence-electron chi connectivity index (χ1n) is 5.95. The predicted octanol–water partition coefficient (Wildman–Crippen LogP) is 1.10. The lowest BCUT2D eigenvalue weighted by molar-refractivity contribution is -0.121. The van der Waals surface area contributed by atoms with Gasteiger partial charge in [-0.15, -0.1) is 0 Å². The highest BCUT2D eigenvalue weighted by Crippen LogP contribution is 2.28. The average Bonchev–Trinajstić information content (AvgIpc) is 2.86. The predicted molar refractivity (Wildman–Crippen MR) is 67.8 cm³/mol. The first-order chi connectivity index (χ1) is 8.65. The zero-order valence-corrected chi connectivity index (χ0v) is 10.2. The molecule has 0 aliphatic carbocycles. The molecule has 18 heavy (non-hydrogen) atoms. The molecule has 2 N–H and O–H groups in total. The van der Waals surface area contributed by atoms with Crippen molar-refractivity contribution in [2.24, 2.45) is 0 Å². The van der Waals surface area contributed by atoms with Gasteiger partial charge < -0.3 is 15.3 Å². The van der Waals surface area contributed by atoms with E-state index in [1.807, 2.05) is 4.90 Å². The molecule has 1 fully saturated rings. The third-order valence-corrected chi connectivity index (χ3v) is 3.25. The van der Waals surface area contributed by atoms with Crippen LogP contribution in [0.3, 0.4) is 0 Å². The number of para-hydroxylation sites is 1. The Hall–Kier alpha value is -2.04. The van der Waals surface area contributed by atoms with Crippen molar-refractivity contribution < 1.29 is 14.7 Å². The van der Waals surface area contributed by atoms with Crippen LogP contribution in [-0.2, 0) is 4.79 Å². The first kappa shape index (κ1) is 12.4. The zero-order chi connectivity index (χ0) is 13.1. The van der Waals surface area contributed by atoms with Crippen molar-refractivity contribution in [1.29, 1.82) is 0 Å². The summed E-state index contributed by atoms with van der Waals surface area (Å²) < 4.78 is 0. The molecule has 0 spiro atoms. The molecule has 5 heteroatoms. The van der Waals surface area contributed by atoms with Gasteiger partial charge in [0, 0.05) is 13.6 Å². The van der Waals surface area contributed by atoms with Crippen LogP contribution in [0, 0.1) is 0 Å². The Bertz CT molecular complexity index is 473. The van der Waals surface area contributed by atoms with Crippen LogP contribution >= 0.6 is 0 Å². The summed E-state index contributed by atoms with van der Waals surface area (Å²) in [6, 6.07) is 6.54. The third-order valence-electron chi connectivity index (χ3n) is 3.25. The van der Waals surface area contributed by atoms with Gasteiger partial charge in [0.15, 0.2) is 0 Å². The van der Waals surface area contributed by atoms with Gasteiger partial charge in [-0.3, -0.25) is 4.79 Å². The smallest absolute Gasteiger partial charge is 0.337 e. The fourth-order valence-electron chi connectivity index (χ4n) is 2.40. The summed E-state index contributed by atoms with van der Waals surface area (Å²) in [5.74, 6) is -1.03. The first-order valence-corrected chi connectivity index (χ1v) is 5.95. The van der Waals surface area contributed by atoms with Crippen LogP contribution in [0.5, 0.6) is 0 Å². The highest BCUT2D eigenvalue weighted by Gasteiger charge is 2.32. The van der Waals surface area contributed by atoms with Gasteiger partial charge in [0.2, 0.25) is 5.91 Å². The molecule has 1 aliphatic heterocycles. The number of aromatic carboxylic acids is 1. The number of likely N-dealkylation sites (N-methyl/N-ethyl adjacent to an activating group) is 1. The summed E-state index contributed by atoms with van der Waals surface area (Å²) in [7, 11) is 1.60. The fraction of sp³-hybridized carbons (Fsp3) is 0.385. The Morgan fingerprint density at radius 1 is 1.39 bits per heavy atom. The fourth-order valence-corrected chi connectivity index (χ4v) is 2.40. The zero-order valence-electron chi connectivity index (χ0n) is 10.2. The Morgan fingerprint density at radius 3 is 2.78 bits per heavy atom. The maximum atomic E-state index is 11.8. The van der Waals surface area contributed by atoms with Crippen molar-refractivity contribution in [1.82, 2.24) is 5.32 Å². The molecule has 0 aromatic heterocycles. The number of nitrogens with zero attached hydrogens (tertiary/aromatic N) is 1. The maximum Gasteiger partial charge on any atom is 0.337 e. The lowest BCUT2D eigenvalue weighted by Crippen LogP contribution is -2.42. The quantitative estimate of drug-likeness (QED) is 0.840. The monoisotopic (exact) mass is 248 g/mol. The number of carboxylic acids is 1. The number of carbonyl (C=O) groups excluding carboxylic acids is 1. The van der Waals surface area contributed by atoms with Crippen molar-refractivity contribution >= 4 is 17.6 Å². The van der Waals surface area contributed by atoms with Crippen LogP contribution < -0.4 is 10.2 Å². The number of carboxylic acid groups (broad SMARTS) is 1. The van der Waals surface area contributed by atoms with E-state index in [0.717, 1.165) is 12.8 Å². The van der Waals surface area contributed by atoms with Gasteiger partial charge >= 0.3 is 5.97 Å². The molecular weight excluding hydrogens is 232 g/mol. The van der Waals surface area contributed by atoms with Gasteiger partial charge in [0.1, 0.15) is 6.04 Å². The van der Waals surface area contributed by atoms with Gasteiger partial charge in [0.05, 0.1) is 11.3 Å². The molecule has 0 saturated carbocycles. The van der Waals surface area contributed by atoms with E-state index in [1.54, 1.807) is 31.3 Å². The number of rotatable bonds is 3. The van der Waals surface area contributed by atoms with Gasteiger partial charge in [-0.05, 0) is 25.0 Å². The molecule has 1 atom stereocenters. The third kappa shape index (κ3) is 2.16. The number of benzene rings is 1. The summed E-state index contributed by atoms with van der Waals surface area (Å²) >= 11 is 0. The Morgan fingerprint density at radius 2 is 2.11 bits per heavy atom. The Balaban J connectivity index is 2.36. The number of carbonyl (C=O) groups is 2. The van der Waals surface area contributed by atoms with Crippen LogP contribution in [-0.4, -0.2) is 36.6 Å². The van der Waals surface area contributed by atoms with Crippen molar-refractivity contribution in [2.75, 3.05) is 18.5 Å². The largest absolute Gasteiger partial charge is 0.478 e. The van der Waals surface area contributed by atoms with Crippen molar-refractivity contribution in [2.45, 2.75) is 18.9 Å². The van der Waals surface area contributed by atoms with Gasteiger partial charge in [-0.1, -0.05) is 12.1 Å². The van der Waals surface area contributed by atoms with Crippen molar-refractivity contribution in [3.05, 3.63) is 29.8 Å². The normalized spacial score (nSPS) is 18.7. The summed E-state index contributed by atoms with van der Waals surface area (Å²) in [6.45, 7) is 0.711. The van der Waals surface area contributed by atoms with E-state index in [0.29, 0.717) is 12.2 Å². The molecule has 1 saturated heterocycles. The topological polar surface area (TPSA) is 69.6 Å². The number of anilines is 1. The molecule has 1 heterocycles. The van der Waals surface area contributed by atoms with Gasteiger partial charge in [-0.25, -0.2) is 4.79 Å². The van der Waals surface area contributed by atoms with E-state index in [1.165, 1.54) is 0 Å². The Kier molecular flexibility index (Phi) is 3.50. The minimum atomic E-state index is -0.965. The van der Waals surface area contributed by atoms with E-state index < -0.39 is 5.97 Å². The van der Waals surface area contributed by atoms with Gasteiger partial charge in [-0.2, -0.15) is 0 Å². The van der Waals surface area contributed by atoms with Gasteiger partial charge in [0.25, 0.3) is 0 Å². The second-order valence-corrected chi connectivity index (χ2v) is 4.29. The molecule has 0 radical (unpaired) electrons. The summed E-state index contributed by atoms with van der Waals surface area (Å²) in [4.78, 5) is 24.9. The van der Waals surface area contributed by atoms with Crippen LogP contribution in [0.25, 0.3) is 0 Å². The van der Waals surface area contributed by atoms with Crippen LogP contribution in [0.1, 0.15) is 23.2 Å². The van der Waals surface area contributed by atoms with Crippen molar-refractivity contribution in [3.63, 3.8) is 0 Å². The van der Waals surface area contributed by atoms with Crippen molar-refractivity contribution in [3.8, 4) is 0 Å². The molecule has 1 aliphatic rings. The summed E-state index contributed by atoms with van der Waals surface area (Å²) in [5.41, 5.74) is 0.865. The van der Waals surface area contributed by atoms with E-state index in [2.05, 4.69) is 5.32 Å². The minimum Gasteiger partial charge on any atom is -0.478 e. The van der Waals surface area contributed by atoms with Crippen LogP contribution in [0.15, 0.2) is 24.3 Å². The number of hydrogen-bond donors (Lipinski definition) is 2. The summed E-state index contributed by atoms with van der Waals surface area (Å²) in [6.07, 6.45) is 1.65. The molecule has 1 aromatic carbocycles. The lowest BCUT2D eigenvalue weighted by atomic mass is 10.1. The van der Waals surface area contributed by atoms with E-state index >= 15 is 0 Å². The molecule has 1 amide bonds. The molecule has 2 rings (SSSR count). The summed E-state index contributed by atoms with van der Waals surface area (Å²) in [5, 5.41) is 11.8. The molecule has 5 nitrogen and oxygen atoms in total. The average molecular weight is 248 g/mol. The number of hydrogen-bond acceptors (Lipinski definition) is 3.